The molecule has 0 radical (unpaired) electrons. The number of para-hydroxylation sites is 1. The first kappa shape index (κ1) is 27.8. The summed E-state index contributed by atoms with van der Waals surface area (Å²) in [5.74, 6) is 0.136. The lowest BCUT2D eigenvalue weighted by atomic mass is 9.94. The SMILES string of the molecule is CNC(=O)c1cc(-c2cccc(CN3O[C@@H](CNCC4CC4)C(CO)[C@H]3C(N)=O)c2OC)cc(N(C)C)c1. The summed E-state index contributed by atoms with van der Waals surface area (Å²) in [6, 6.07) is 10.6. The van der Waals surface area contributed by atoms with E-state index in [4.69, 9.17) is 15.3 Å². The number of hydroxylamine groups is 2. The maximum absolute atomic E-state index is 12.5. The minimum atomic E-state index is -0.780. The zero-order valence-corrected chi connectivity index (χ0v) is 22.6. The van der Waals surface area contributed by atoms with Crippen LogP contribution in [0, 0.1) is 11.8 Å². The molecule has 2 aliphatic rings. The van der Waals surface area contributed by atoms with E-state index in [0.29, 0.717) is 23.8 Å². The molecule has 2 fully saturated rings. The molecule has 1 aliphatic carbocycles. The summed E-state index contributed by atoms with van der Waals surface area (Å²) in [6.07, 6.45) is 2.09. The van der Waals surface area contributed by atoms with Crippen LogP contribution in [-0.2, 0) is 16.2 Å². The van der Waals surface area contributed by atoms with E-state index < -0.39 is 17.9 Å². The second kappa shape index (κ2) is 12.1. The van der Waals surface area contributed by atoms with Crippen LogP contribution in [0.2, 0.25) is 0 Å². The number of benzene rings is 2. The number of nitrogens with one attached hydrogen (secondary N) is 2. The van der Waals surface area contributed by atoms with E-state index in [9.17, 15) is 14.7 Å². The van der Waals surface area contributed by atoms with E-state index in [-0.39, 0.29) is 25.2 Å². The topological polar surface area (TPSA) is 129 Å². The summed E-state index contributed by atoms with van der Waals surface area (Å²) in [7, 11) is 7.03. The number of nitrogens with two attached hydrogens (primary N) is 1. The molecular formula is C28H39N5O5. The summed E-state index contributed by atoms with van der Waals surface area (Å²) >= 11 is 0. The van der Waals surface area contributed by atoms with Crippen molar-refractivity contribution in [3.05, 3.63) is 47.5 Å². The van der Waals surface area contributed by atoms with Crippen molar-refractivity contribution in [1.82, 2.24) is 15.7 Å². The fourth-order valence-corrected chi connectivity index (χ4v) is 5.03. The lowest BCUT2D eigenvalue weighted by Gasteiger charge is -2.24. The first-order chi connectivity index (χ1) is 18.3. The van der Waals surface area contributed by atoms with Crippen molar-refractivity contribution in [2.75, 3.05) is 52.8 Å². The van der Waals surface area contributed by atoms with Crippen LogP contribution >= 0.6 is 0 Å². The molecule has 2 aromatic carbocycles. The van der Waals surface area contributed by atoms with E-state index in [0.717, 1.165) is 28.9 Å². The Kier molecular flexibility index (Phi) is 8.88. The number of methoxy groups -OCH3 is 1. The first-order valence-corrected chi connectivity index (χ1v) is 13.0. The monoisotopic (exact) mass is 525 g/mol. The van der Waals surface area contributed by atoms with E-state index in [1.807, 2.05) is 55.4 Å². The minimum absolute atomic E-state index is 0.184. The van der Waals surface area contributed by atoms with Gasteiger partial charge in [0.25, 0.3) is 5.91 Å². The molecule has 10 nitrogen and oxygen atoms in total. The Balaban J connectivity index is 1.64. The molecule has 0 spiro atoms. The quantitative estimate of drug-likeness (QED) is 0.327. The molecule has 1 unspecified atom stereocenters. The third-order valence-electron chi connectivity index (χ3n) is 7.30. The van der Waals surface area contributed by atoms with E-state index >= 15 is 0 Å². The van der Waals surface area contributed by atoms with Gasteiger partial charge in [-0.05, 0) is 49.1 Å². The highest BCUT2D eigenvalue weighted by atomic mass is 16.7. The van der Waals surface area contributed by atoms with Crippen molar-refractivity contribution in [3.63, 3.8) is 0 Å². The molecule has 1 aliphatic heterocycles. The van der Waals surface area contributed by atoms with E-state index in [1.165, 1.54) is 12.8 Å². The lowest BCUT2D eigenvalue weighted by molar-refractivity contribution is -0.173. The summed E-state index contributed by atoms with van der Waals surface area (Å²) < 4.78 is 5.87. The fourth-order valence-electron chi connectivity index (χ4n) is 5.03. The molecule has 10 heteroatoms. The van der Waals surface area contributed by atoms with Gasteiger partial charge in [-0.3, -0.25) is 14.4 Å². The van der Waals surface area contributed by atoms with Gasteiger partial charge in [0, 0.05) is 56.0 Å². The molecule has 206 valence electrons. The summed E-state index contributed by atoms with van der Waals surface area (Å²) in [5.41, 5.74) is 9.60. The van der Waals surface area contributed by atoms with Crippen LogP contribution in [0.3, 0.4) is 0 Å². The van der Waals surface area contributed by atoms with Gasteiger partial charge in [0.15, 0.2) is 0 Å². The van der Waals surface area contributed by atoms with Crippen molar-refractivity contribution in [2.45, 2.75) is 31.5 Å². The van der Waals surface area contributed by atoms with Gasteiger partial charge in [0.05, 0.1) is 26.4 Å². The zero-order valence-electron chi connectivity index (χ0n) is 22.6. The number of primary amides is 1. The van der Waals surface area contributed by atoms with Crippen LogP contribution in [0.4, 0.5) is 5.69 Å². The number of hydrogen-bond donors (Lipinski definition) is 4. The normalized spacial score (nSPS) is 21.3. The third kappa shape index (κ3) is 6.10. The van der Waals surface area contributed by atoms with Gasteiger partial charge in [0.2, 0.25) is 5.91 Å². The minimum Gasteiger partial charge on any atom is -0.496 e. The second-order valence-corrected chi connectivity index (χ2v) is 10.3. The molecule has 0 aromatic heterocycles. The van der Waals surface area contributed by atoms with Crippen LogP contribution in [0.25, 0.3) is 11.1 Å². The van der Waals surface area contributed by atoms with Gasteiger partial charge in [-0.25, -0.2) is 0 Å². The lowest BCUT2D eigenvalue weighted by Crippen LogP contribution is -2.45. The number of aliphatic hydroxyl groups excluding tert-OH is 1. The van der Waals surface area contributed by atoms with Gasteiger partial charge >= 0.3 is 0 Å². The number of nitrogens with zero attached hydrogens (tertiary/aromatic N) is 2. The standard InChI is InChI=1S/C28H39N5O5/c1-30-28(36)20-10-19(11-21(12-20)32(2)3)22-7-5-6-18(26(22)37-4)15-33-25(27(29)35)23(16-34)24(38-33)14-31-13-17-8-9-17/h5-7,10-12,17,23-25,31,34H,8-9,13-16H2,1-4H3,(H2,29,35)(H,30,36)/t23?,24-,25-/m0/s1. The van der Waals surface area contributed by atoms with Crippen molar-refractivity contribution in [1.29, 1.82) is 0 Å². The number of rotatable bonds is 12. The number of amides is 2. The van der Waals surface area contributed by atoms with E-state index in [2.05, 4.69) is 10.6 Å². The third-order valence-corrected chi connectivity index (χ3v) is 7.30. The highest BCUT2D eigenvalue weighted by Gasteiger charge is 2.46. The highest BCUT2D eigenvalue weighted by Crippen LogP contribution is 2.38. The molecule has 2 aromatic rings. The van der Waals surface area contributed by atoms with Crippen LogP contribution in [0.15, 0.2) is 36.4 Å². The Bertz CT molecular complexity index is 1150. The molecule has 1 saturated heterocycles. The fraction of sp³-hybridized carbons (Fsp3) is 0.500. The summed E-state index contributed by atoms with van der Waals surface area (Å²) in [5, 5.41) is 17.8. The molecular weight excluding hydrogens is 486 g/mol. The van der Waals surface area contributed by atoms with Gasteiger partial charge in [-0.1, -0.05) is 18.2 Å². The molecule has 38 heavy (non-hydrogen) atoms. The average Bonchev–Trinajstić information content (AvgIpc) is 3.67. The Labute approximate surface area is 224 Å². The maximum atomic E-state index is 12.5. The first-order valence-electron chi connectivity index (χ1n) is 13.0. The van der Waals surface area contributed by atoms with Gasteiger partial charge in [-0.15, -0.1) is 0 Å². The number of carbonyl (C=O) groups is 2. The summed E-state index contributed by atoms with van der Waals surface area (Å²) in [6.45, 7) is 1.45. The van der Waals surface area contributed by atoms with Crippen LogP contribution in [0.5, 0.6) is 5.75 Å². The van der Waals surface area contributed by atoms with Crippen LogP contribution in [-0.4, -0.2) is 82.1 Å². The predicted molar refractivity (Wildman–Crippen MR) is 146 cm³/mol. The van der Waals surface area contributed by atoms with Crippen LogP contribution < -0.4 is 26.0 Å². The van der Waals surface area contributed by atoms with Crippen LogP contribution in [0.1, 0.15) is 28.8 Å². The molecule has 3 atom stereocenters. The number of ether oxygens (including phenoxy) is 1. The number of anilines is 1. The summed E-state index contributed by atoms with van der Waals surface area (Å²) in [4.78, 5) is 33.1. The molecule has 1 saturated carbocycles. The Morgan fingerprint density at radius 1 is 1.21 bits per heavy atom. The molecule has 0 bridgehead atoms. The van der Waals surface area contributed by atoms with Gasteiger partial charge in [0.1, 0.15) is 11.8 Å². The average molecular weight is 526 g/mol. The molecule has 5 N–H and O–H groups in total. The largest absolute Gasteiger partial charge is 0.496 e. The highest BCUT2D eigenvalue weighted by molar-refractivity contribution is 5.97. The Hall–Kier alpha value is -3.18. The molecule has 4 rings (SSSR count). The smallest absolute Gasteiger partial charge is 0.251 e. The Morgan fingerprint density at radius 2 is 1.97 bits per heavy atom. The predicted octanol–water partition coefficient (Wildman–Crippen LogP) is 1.37. The maximum Gasteiger partial charge on any atom is 0.251 e. The molecule has 2 amide bonds. The Morgan fingerprint density at radius 3 is 2.58 bits per heavy atom. The second-order valence-electron chi connectivity index (χ2n) is 10.3. The number of hydrogen-bond acceptors (Lipinski definition) is 8. The van der Waals surface area contributed by atoms with Crippen molar-refractivity contribution in [2.24, 2.45) is 17.6 Å². The van der Waals surface area contributed by atoms with E-state index in [1.54, 1.807) is 19.2 Å². The molecule has 1 heterocycles. The number of carbonyl (C=O) groups excluding carboxylic acids is 2. The van der Waals surface area contributed by atoms with Gasteiger partial charge in [-0.2, -0.15) is 5.06 Å². The van der Waals surface area contributed by atoms with Crippen molar-refractivity contribution in [3.8, 4) is 16.9 Å². The van der Waals surface area contributed by atoms with Crippen molar-refractivity contribution < 1.29 is 24.3 Å². The number of aliphatic hydroxyl groups is 1. The van der Waals surface area contributed by atoms with Crippen molar-refractivity contribution >= 4 is 17.5 Å². The van der Waals surface area contributed by atoms with Gasteiger partial charge < -0.3 is 31.1 Å². The zero-order chi connectivity index (χ0) is 27.4.